The minimum Gasteiger partial charge on any atom is -0.322 e. The number of carbonyl (C=O) groups is 1. The molecule has 0 spiro atoms. The number of rotatable bonds is 5. The van der Waals surface area contributed by atoms with E-state index in [0.29, 0.717) is 11.4 Å². The van der Waals surface area contributed by atoms with Crippen LogP contribution in [0, 0.1) is 13.8 Å². The van der Waals surface area contributed by atoms with E-state index in [0.717, 1.165) is 21.3 Å². The molecular formula is C12H16N4O3S2. The Balaban J connectivity index is 2.06. The van der Waals surface area contributed by atoms with Crippen molar-refractivity contribution in [1.29, 1.82) is 0 Å². The Labute approximate surface area is 127 Å². The van der Waals surface area contributed by atoms with Gasteiger partial charge in [-0.15, -0.1) is 11.3 Å². The van der Waals surface area contributed by atoms with Gasteiger partial charge >= 0.3 is 0 Å². The maximum atomic E-state index is 12.2. The predicted octanol–water partition coefficient (Wildman–Crippen LogP) is 1.35. The van der Waals surface area contributed by atoms with Gasteiger partial charge < -0.3 is 5.32 Å². The van der Waals surface area contributed by atoms with E-state index in [4.69, 9.17) is 0 Å². The van der Waals surface area contributed by atoms with Crippen LogP contribution in [0.3, 0.4) is 0 Å². The average molecular weight is 328 g/mol. The van der Waals surface area contributed by atoms with Crippen molar-refractivity contribution in [3.8, 4) is 0 Å². The number of aromatic amines is 1. The second-order valence-electron chi connectivity index (χ2n) is 4.55. The minimum atomic E-state index is -3.62. The molecule has 2 aromatic rings. The number of nitrogens with zero attached hydrogens (tertiary/aromatic N) is 2. The molecule has 2 aromatic heterocycles. The molecule has 114 valence electrons. The molecule has 2 rings (SSSR count). The number of nitrogens with one attached hydrogen (secondary N) is 2. The number of carbonyl (C=O) groups excluding carboxylic acids is 1. The zero-order valence-corrected chi connectivity index (χ0v) is 13.5. The van der Waals surface area contributed by atoms with Crippen LogP contribution in [0.1, 0.15) is 11.4 Å². The zero-order valence-electron chi connectivity index (χ0n) is 11.9. The predicted molar refractivity (Wildman–Crippen MR) is 80.8 cm³/mol. The summed E-state index contributed by atoms with van der Waals surface area (Å²) in [7, 11) is -2.24. The molecule has 1 amide bonds. The fraction of sp³-hybridized carbons (Fsp3) is 0.333. The summed E-state index contributed by atoms with van der Waals surface area (Å²) in [6, 6.07) is 3.17. The molecule has 9 heteroatoms. The lowest BCUT2D eigenvalue weighted by molar-refractivity contribution is -0.116. The summed E-state index contributed by atoms with van der Waals surface area (Å²) in [5.41, 5.74) is 1.97. The molecule has 0 saturated carbocycles. The smallest absolute Gasteiger partial charge is 0.252 e. The minimum absolute atomic E-state index is 0.216. The third-order valence-electron chi connectivity index (χ3n) is 2.92. The maximum Gasteiger partial charge on any atom is 0.252 e. The third kappa shape index (κ3) is 3.31. The van der Waals surface area contributed by atoms with E-state index in [9.17, 15) is 13.2 Å². The van der Waals surface area contributed by atoms with Gasteiger partial charge in [-0.3, -0.25) is 9.89 Å². The van der Waals surface area contributed by atoms with Gasteiger partial charge in [0.1, 0.15) is 4.21 Å². The number of aromatic nitrogens is 2. The number of hydrogen-bond donors (Lipinski definition) is 2. The van der Waals surface area contributed by atoms with Crippen LogP contribution in [0.25, 0.3) is 0 Å². The largest absolute Gasteiger partial charge is 0.322 e. The van der Waals surface area contributed by atoms with Gasteiger partial charge in [-0.25, -0.2) is 8.42 Å². The quantitative estimate of drug-likeness (QED) is 0.866. The number of H-pyrrole nitrogens is 1. The first-order chi connectivity index (χ1) is 9.82. The van der Waals surface area contributed by atoms with Crippen LogP contribution >= 0.6 is 11.3 Å². The zero-order chi connectivity index (χ0) is 15.6. The lowest BCUT2D eigenvalue weighted by atomic mass is 10.3. The Kier molecular flexibility index (Phi) is 4.45. The monoisotopic (exact) mass is 328 g/mol. The van der Waals surface area contributed by atoms with E-state index < -0.39 is 15.9 Å². The molecule has 0 fully saturated rings. The molecule has 0 aliphatic carbocycles. The van der Waals surface area contributed by atoms with Gasteiger partial charge in [-0.1, -0.05) is 6.07 Å². The highest BCUT2D eigenvalue weighted by Gasteiger charge is 2.24. The topological polar surface area (TPSA) is 95.2 Å². The van der Waals surface area contributed by atoms with Crippen molar-refractivity contribution in [3.63, 3.8) is 0 Å². The molecule has 2 N–H and O–H groups in total. The Morgan fingerprint density at radius 2 is 2.19 bits per heavy atom. The van der Waals surface area contributed by atoms with E-state index in [1.807, 2.05) is 0 Å². The molecule has 2 heterocycles. The summed E-state index contributed by atoms with van der Waals surface area (Å²) in [5.74, 6) is -0.412. The van der Waals surface area contributed by atoms with Gasteiger partial charge in [-0.2, -0.15) is 9.40 Å². The van der Waals surface area contributed by atoms with Crippen LogP contribution < -0.4 is 5.32 Å². The van der Waals surface area contributed by atoms with Gasteiger partial charge in [0, 0.05) is 7.05 Å². The van der Waals surface area contributed by atoms with E-state index in [-0.39, 0.29) is 10.8 Å². The van der Waals surface area contributed by atoms with Crippen LogP contribution in [0.5, 0.6) is 0 Å². The lowest BCUT2D eigenvalue weighted by Gasteiger charge is -2.15. The number of likely N-dealkylation sites (N-methyl/N-ethyl adjacent to an activating group) is 1. The Morgan fingerprint density at radius 3 is 2.71 bits per heavy atom. The number of thiophene rings is 1. The van der Waals surface area contributed by atoms with Crippen LogP contribution in [-0.4, -0.2) is 42.4 Å². The van der Waals surface area contributed by atoms with Gasteiger partial charge in [-0.05, 0) is 25.3 Å². The van der Waals surface area contributed by atoms with Crippen molar-refractivity contribution in [2.24, 2.45) is 0 Å². The van der Waals surface area contributed by atoms with Crippen LogP contribution in [0.15, 0.2) is 21.7 Å². The van der Waals surface area contributed by atoms with E-state index in [1.54, 1.807) is 25.3 Å². The molecule has 0 aliphatic rings. The number of amides is 1. The van der Waals surface area contributed by atoms with E-state index in [1.165, 1.54) is 13.1 Å². The first-order valence-corrected chi connectivity index (χ1v) is 8.45. The molecule has 0 radical (unpaired) electrons. The normalized spacial score (nSPS) is 11.8. The molecule has 0 unspecified atom stereocenters. The fourth-order valence-corrected chi connectivity index (χ4v) is 4.09. The second kappa shape index (κ2) is 5.96. The second-order valence-corrected chi connectivity index (χ2v) is 7.77. The summed E-state index contributed by atoms with van der Waals surface area (Å²) in [6.07, 6.45) is 0. The highest BCUT2D eigenvalue weighted by molar-refractivity contribution is 7.91. The van der Waals surface area contributed by atoms with Gasteiger partial charge in [0.2, 0.25) is 5.91 Å². The van der Waals surface area contributed by atoms with Crippen LogP contribution in [0.2, 0.25) is 0 Å². The van der Waals surface area contributed by atoms with Crippen molar-refractivity contribution >= 4 is 33.0 Å². The molecule has 0 aromatic carbocycles. The molecule has 0 bridgehead atoms. The number of aryl methyl sites for hydroxylation is 2. The van der Waals surface area contributed by atoms with Gasteiger partial charge in [0.25, 0.3) is 10.0 Å². The number of anilines is 1. The van der Waals surface area contributed by atoms with Gasteiger partial charge in [0.15, 0.2) is 0 Å². The highest BCUT2D eigenvalue weighted by Crippen LogP contribution is 2.20. The number of sulfonamides is 1. The maximum absolute atomic E-state index is 12.2. The SMILES string of the molecule is Cc1n[nH]c(C)c1NC(=O)CN(C)S(=O)(=O)c1cccs1. The van der Waals surface area contributed by atoms with Crippen molar-refractivity contribution in [3.05, 3.63) is 28.9 Å². The molecule has 7 nitrogen and oxygen atoms in total. The van der Waals surface area contributed by atoms with Crippen molar-refractivity contribution in [1.82, 2.24) is 14.5 Å². The van der Waals surface area contributed by atoms with E-state index in [2.05, 4.69) is 15.5 Å². The van der Waals surface area contributed by atoms with Crippen LogP contribution in [0.4, 0.5) is 5.69 Å². The molecule has 0 saturated heterocycles. The highest BCUT2D eigenvalue weighted by atomic mass is 32.2. The third-order valence-corrected chi connectivity index (χ3v) is 6.09. The fourth-order valence-electron chi connectivity index (χ4n) is 1.77. The van der Waals surface area contributed by atoms with Gasteiger partial charge in [0.05, 0.1) is 23.6 Å². The molecule has 0 aliphatic heterocycles. The Hall–Kier alpha value is -1.71. The average Bonchev–Trinajstić information content (AvgIpc) is 3.04. The van der Waals surface area contributed by atoms with Crippen molar-refractivity contribution in [2.45, 2.75) is 18.1 Å². The first kappa shape index (κ1) is 15.7. The van der Waals surface area contributed by atoms with Crippen molar-refractivity contribution < 1.29 is 13.2 Å². The lowest BCUT2D eigenvalue weighted by Crippen LogP contribution is -2.34. The Bertz CT molecular complexity index is 715. The summed E-state index contributed by atoms with van der Waals surface area (Å²) in [6.45, 7) is 3.28. The summed E-state index contributed by atoms with van der Waals surface area (Å²) in [5, 5.41) is 11.1. The molecule has 21 heavy (non-hydrogen) atoms. The summed E-state index contributed by atoms with van der Waals surface area (Å²) in [4.78, 5) is 12.0. The molecule has 0 atom stereocenters. The van der Waals surface area contributed by atoms with Crippen LogP contribution in [-0.2, 0) is 14.8 Å². The summed E-state index contributed by atoms with van der Waals surface area (Å²) >= 11 is 1.12. The standard InChI is InChI=1S/C12H16N4O3S2/c1-8-12(9(2)15-14-8)13-10(17)7-16(3)21(18,19)11-5-4-6-20-11/h4-6H,7H2,1-3H3,(H,13,17)(H,14,15). The first-order valence-electron chi connectivity index (χ1n) is 6.13. The summed E-state index contributed by atoms with van der Waals surface area (Å²) < 4.78 is 25.6. The number of hydrogen-bond acceptors (Lipinski definition) is 5. The van der Waals surface area contributed by atoms with Crippen molar-refractivity contribution in [2.75, 3.05) is 18.9 Å². The van der Waals surface area contributed by atoms with E-state index >= 15 is 0 Å². The molecular weight excluding hydrogens is 312 g/mol. The Morgan fingerprint density at radius 1 is 1.48 bits per heavy atom.